The number of carbonyl (C=O) groups is 1. The van der Waals surface area contributed by atoms with Gasteiger partial charge in [0.05, 0.1) is 12.1 Å². The van der Waals surface area contributed by atoms with Gasteiger partial charge in [0.1, 0.15) is 18.4 Å². The average molecular weight is 306 g/mol. The highest BCUT2D eigenvalue weighted by atomic mass is 19.3. The summed E-state index contributed by atoms with van der Waals surface area (Å²) in [4.78, 5) is 11.8. The molecule has 2 rings (SSSR count). The molecule has 0 aliphatic carbocycles. The maximum absolute atomic E-state index is 13.6. The number of amides is 1. The largest absolute Gasteiger partial charge is 0.491 e. The Morgan fingerprint density at radius 3 is 2.71 bits per heavy atom. The Kier molecular flexibility index (Phi) is 4.36. The maximum atomic E-state index is 13.6. The van der Waals surface area contributed by atoms with Crippen molar-refractivity contribution in [3.05, 3.63) is 29.3 Å². The number of fused-ring (bicyclic) bond motifs is 1. The Morgan fingerprint density at radius 1 is 1.38 bits per heavy atom. The van der Waals surface area contributed by atoms with E-state index in [1.807, 2.05) is 0 Å². The molecule has 0 saturated carbocycles. The molecule has 0 saturated heterocycles. The third-order valence-corrected chi connectivity index (χ3v) is 3.19. The van der Waals surface area contributed by atoms with Crippen LogP contribution in [-0.4, -0.2) is 38.5 Å². The van der Waals surface area contributed by atoms with E-state index in [9.17, 15) is 22.4 Å². The summed E-state index contributed by atoms with van der Waals surface area (Å²) in [5.74, 6) is -4.51. The van der Waals surface area contributed by atoms with Gasteiger partial charge in [0.15, 0.2) is 0 Å². The van der Waals surface area contributed by atoms with Gasteiger partial charge < -0.3 is 15.4 Å². The van der Waals surface area contributed by atoms with E-state index in [1.165, 1.54) is 12.1 Å². The fraction of sp³-hybridized carbons (Fsp3) is 0.462. The van der Waals surface area contributed by atoms with Crippen LogP contribution in [0.25, 0.3) is 0 Å². The van der Waals surface area contributed by atoms with Crippen molar-refractivity contribution in [1.82, 2.24) is 10.6 Å². The lowest BCUT2D eigenvalue weighted by atomic mass is 9.98. The summed E-state index contributed by atoms with van der Waals surface area (Å²) in [7, 11) is 1.16. The minimum absolute atomic E-state index is 0.0512. The number of hydrogen-bond donors (Lipinski definition) is 2. The molecule has 1 aromatic rings. The van der Waals surface area contributed by atoms with E-state index in [0.717, 1.165) is 13.1 Å². The van der Waals surface area contributed by atoms with Crippen molar-refractivity contribution >= 4 is 5.91 Å². The molecule has 2 N–H and O–H groups in total. The minimum Gasteiger partial charge on any atom is -0.491 e. The van der Waals surface area contributed by atoms with Crippen molar-refractivity contribution in [1.29, 1.82) is 0 Å². The Labute approximate surface area is 118 Å². The first-order chi connectivity index (χ1) is 9.87. The van der Waals surface area contributed by atoms with Gasteiger partial charge >= 0.3 is 12.3 Å². The molecule has 0 aromatic heterocycles. The van der Waals surface area contributed by atoms with E-state index in [-0.39, 0.29) is 30.0 Å². The summed E-state index contributed by atoms with van der Waals surface area (Å²) in [6, 6.07) is 1.82. The Hall–Kier alpha value is -1.83. The van der Waals surface area contributed by atoms with Crippen LogP contribution in [0.15, 0.2) is 18.2 Å². The van der Waals surface area contributed by atoms with Crippen molar-refractivity contribution in [3.8, 4) is 5.75 Å². The molecular formula is C13H14F4N2O2. The molecule has 1 atom stereocenters. The number of nitrogens with one attached hydrogen (secondary N) is 2. The molecule has 8 heteroatoms. The van der Waals surface area contributed by atoms with E-state index in [4.69, 9.17) is 4.74 Å². The van der Waals surface area contributed by atoms with Crippen LogP contribution < -0.4 is 15.4 Å². The second-order valence-corrected chi connectivity index (χ2v) is 4.56. The molecule has 1 heterocycles. The van der Waals surface area contributed by atoms with Crippen LogP contribution >= 0.6 is 0 Å². The van der Waals surface area contributed by atoms with Gasteiger partial charge in [-0.25, -0.2) is 8.78 Å². The van der Waals surface area contributed by atoms with Crippen LogP contribution in [0.1, 0.15) is 22.0 Å². The van der Waals surface area contributed by atoms with Crippen LogP contribution in [0.2, 0.25) is 0 Å². The van der Waals surface area contributed by atoms with Crippen molar-refractivity contribution < 1.29 is 27.1 Å². The predicted molar refractivity (Wildman–Crippen MR) is 67.0 cm³/mol. The summed E-state index contributed by atoms with van der Waals surface area (Å²) in [5.41, 5.74) is -0.0579. The van der Waals surface area contributed by atoms with Gasteiger partial charge in [-0.1, -0.05) is 6.07 Å². The lowest BCUT2D eigenvalue weighted by Crippen LogP contribution is -2.41. The Balaban J connectivity index is 2.42. The first-order valence-electron chi connectivity index (χ1n) is 6.26. The third-order valence-electron chi connectivity index (χ3n) is 3.19. The lowest BCUT2D eigenvalue weighted by Gasteiger charge is -2.26. The predicted octanol–water partition coefficient (Wildman–Crippen LogP) is 1.97. The molecule has 21 heavy (non-hydrogen) atoms. The van der Waals surface area contributed by atoms with Gasteiger partial charge in [-0.2, -0.15) is 8.78 Å². The number of carbonyl (C=O) groups excluding carboxylic acids is 1. The zero-order valence-electron chi connectivity index (χ0n) is 11.1. The van der Waals surface area contributed by atoms with E-state index in [1.54, 1.807) is 0 Å². The average Bonchev–Trinajstić information content (AvgIpc) is 2.61. The molecule has 4 nitrogen and oxygen atoms in total. The molecule has 1 aliphatic heterocycles. The van der Waals surface area contributed by atoms with E-state index >= 15 is 0 Å². The van der Waals surface area contributed by atoms with Crippen molar-refractivity contribution in [2.45, 2.75) is 18.4 Å². The second kappa shape index (κ2) is 5.88. The number of halogens is 4. The highest BCUT2D eigenvalue weighted by Gasteiger charge is 2.49. The monoisotopic (exact) mass is 306 g/mol. The van der Waals surface area contributed by atoms with Crippen LogP contribution in [0.4, 0.5) is 17.6 Å². The smallest absolute Gasteiger partial charge is 0.326 e. The van der Waals surface area contributed by atoms with Crippen molar-refractivity contribution in [2.75, 3.05) is 20.2 Å². The van der Waals surface area contributed by atoms with E-state index < -0.39 is 24.3 Å². The normalized spacial score (nSPS) is 16.8. The van der Waals surface area contributed by atoms with Gasteiger partial charge in [0.25, 0.3) is 5.91 Å². The van der Waals surface area contributed by atoms with Crippen molar-refractivity contribution in [3.63, 3.8) is 0 Å². The first-order valence-corrected chi connectivity index (χ1v) is 6.26. The molecule has 1 amide bonds. The summed E-state index contributed by atoms with van der Waals surface area (Å²) in [5, 5.41) is 4.70. The van der Waals surface area contributed by atoms with Gasteiger partial charge in [0, 0.05) is 0 Å². The van der Waals surface area contributed by atoms with Crippen LogP contribution in [0, 0.1) is 0 Å². The number of hydrogen-bond acceptors (Lipinski definition) is 3. The molecule has 0 bridgehead atoms. The highest BCUT2D eigenvalue weighted by Crippen LogP contribution is 2.37. The fourth-order valence-electron chi connectivity index (χ4n) is 2.16. The number of ether oxygens (including phenoxy) is 1. The molecule has 1 aliphatic rings. The molecular weight excluding hydrogens is 292 g/mol. The SMILES string of the molecule is CNC(c1ccc2c(c1)C(=O)NCCO2)C(F)(F)C(F)F. The fourth-order valence-corrected chi connectivity index (χ4v) is 2.16. The van der Waals surface area contributed by atoms with E-state index in [2.05, 4.69) is 10.6 Å². The molecule has 0 radical (unpaired) electrons. The Bertz CT molecular complexity index is 537. The highest BCUT2D eigenvalue weighted by molar-refractivity contribution is 5.97. The number of rotatable bonds is 4. The number of alkyl halides is 4. The van der Waals surface area contributed by atoms with Crippen LogP contribution in [0.5, 0.6) is 5.75 Å². The van der Waals surface area contributed by atoms with E-state index in [0.29, 0.717) is 0 Å². The maximum Gasteiger partial charge on any atom is 0.326 e. The zero-order chi connectivity index (χ0) is 15.6. The standard InChI is InChI=1S/C13H14F4N2O2/c1-18-10(13(16,17)12(14)15)7-2-3-9-8(6-7)11(20)19-4-5-21-9/h2-3,6,10,12,18H,4-5H2,1H3,(H,19,20). The number of benzene rings is 1. The van der Waals surface area contributed by atoms with Gasteiger partial charge in [-0.05, 0) is 24.7 Å². The molecule has 1 unspecified atom stereocenters. The topological polar surface area (TPSA) is 50.4 Å². The first kappa shape index (κ1) is 15.6. The molecule has 0 fully saturated rings. The second-order valence-electron chi connectivity index (χ2n) is 4.56. The molecule has 0 spiro atoms. The van der Waals surface area contributed by atoms with Crippen molar-refractivity contribution in [2.24, 2.45) is 0 Å². The summed E-state index contributed by atoms with van der Waals surface area (Å²) in [6.07, 6.45) is -3.82. The summed E-state index contributed by atoms with van der Waals surface area (Å²) in [6.45, 7) is 0.534. The zero-order valence-corrected chi connectivity index (χ0v) is 11.1. The van der Waals surface area contributed by atoms with Gasteiger partial charge in [0.2, 0.25) is 0 Å². The minimum atomic E-state index is -4.26. The van der Waals surface area contributed by atoms with Crippen LogP contribution in [0.3, 0.4) is 0 Å². The van der Waals surface area contributed by atoms with Gasteiger partial charge in [-0.15, -0.1) is 0 Å². The third kappa shape index (κ3) is 2.94. The quantitative estimate of drug-likeness (QED) is 0.836. The van der Waals surface area contributed by atoms with Gasteiger partial charge in [-0.3, -0.25) is 4.79 Å². The summed E-state index contributed by atoms with van der Waals surface area (Å²) < 4.78 is 57.4. The Morgan fingerprint density at radius 2 is 2.10 bits per heavy atom. The lowest BCUT2D eigenvalue weighted by molar-refractivity contribution is -0.150. The molecule has 116 valence electrons. The van der Waals surface area contributed by atoms with Crippen LogP contribution in [-0.2, 0) is 0 Å². The molecule has 1 aromatic carbocycles. The summed E-state index contributed by atoms with van der Waals surface area (Å²) >= 11 is 0.